The van der Waals surface area contributed by atoms with Gasteiger partial charge in [-0.25, -0.2) is 19.4 Å². The summed E-state index contributed by atoms with van der Waals surface area (Å²) < 4.78 is 13.6. The van der Waals surface area contributed by atoms with Crippen LogP contribution in [0, 0.1) is 5.82 Å². The average Bonchev–Trinajstić information content (AvgIpc) is 2.80. The molecule has 0 aromatic heterocycles. The number of hydrogen-bond donors (Lipinski definition) is 3. The third kappa shape index (κ3) is 4.71. The van der Waals surface area contributed by atoms with Crippen LogP contribution in [0.15, 0.2) is 24.3 Å². The number of benzene rings is 1. The van der Waals surface area contributed by atoms with Gasteiger partial charge in [-0.3, -0.25) is 4.79 Å². The quantitative estimate of drug-likeness (QED) is 0.487. The standard InChI is InChI=1S/C18H25FN4O3/c1-3-4-5-6-9-12-18(2)15(24)23(17(26)21-18)22-16(25)20-14-11-8-7-10-13(14)19/h7-8,10-11H,3-6,9,12H2,1-2H3,(H,21,26)(H2,20,22,25)/t18-/m0/s1. The molecular weight excluding hydrogens is 339 g/mol. The van der Waals surface area contributed by atoms with Crippen molar-refractivity contribution in [3.05, 3.63) is 30.1 Å². The van der Waals surface area contributed by atoms with Gasteiger partial charge in [0.15, 0.2) is 0 Å². The van der Waals surface area contributed by atoms with Crippen LogP contribution in [-0.4, -0.2) is 28.5 Å². The molecular formula is C18H25FN4O3. The molecule has 1 aliphatic rings. The molecule has 0 aliphatic carbocycles. The molecule has 0 radical (unpaired) electrons. The molecule has 0 bridgehead atoms. The van der Waals surface area contributed by atoms with Crippen LogP contribution in [0.5, 0.6) is 0 Å². The Labute approximate surface area is 152 Å². The topological polar surface area (TPSA) is 90.5 Å². The van der Waals surface area contributed by atoms with Crippen molar-refractivity contribution in [3.63, 3.8) is 0 Å². The van der Waals surface area contributed by atoms with E-state index in [0.717, 1.165) is 32.1 Å². The number of carbonyl (C=O) groups is 3. The maximum Gasteiger partial charge on any atom is 0.344 e. The fraction of sp³-hybridized carbons (Fsp3) is 0.500. The number of unbranched alkanes of at least 4 members (excludes halogenated alkanes) is 4. The minimum atomic E-state index is -1.05. The Balaban J connectivity index is 1.91. The Morgan fingerprint density at radius 1 is 1.19 bits per heavy atom. The lowest BCUT2D eigenvalue weighted by atomic mass is 9.94. The van der Waals surface area contributed by atoms with Gasteiger partial charge in [0.2, 0.25) is 0 Å². The van der Waals surface area contributed by atoms with Crippen LogP contribution in [0.25, 0.3) is 0 Å². The highest BCUT2D eigenvalue weighted by molar-refractivity contribution is 6.08. The Morgan fingerprint density at radius 2 is 1.88 bits per heavy atom. The summed E-state index contributed by atoms with van der Waals surface area (Å²) >= 11 is 0. The van der Waals surface area contributed by atoms with Gasteiger partial charge in [-0.1, -0.05) is 51.2 Å². The van der Waals surface area contributed by atoms with Crippen molar-refractivity contribution in [1.29, 1.82) is 0 Å². The number of halogens is 1. The lowest BCUT2D eigenvalue weighted by Crippen LogP contribution is -2.50. The van der Waals surface area contributed by atoms with Crippen molar-refractivity contribution in [2.24, 2.45) is 0 Å². The van der Waals surface area contributed by atoms with Crippen LogP contribution >= 0.6 is 0 Å². The highest BCUT2D eigenvalue weighted by atomic mass is 19.1. The fourth-order valence-corrected chi connectivity index (χ4v) is 2.85. The zero-order valence-corrected chi connectivity index (χ0v) is 15.1. The normalized spacial score (nSPS) is 19.4. The van der Waals surface area contributed by atoms with Crippen molar-refractivity contribution < 1.29 is 18.8 Å². The molecule has 5 amide bonds. The Kier molecular flexibility index (Phi) is 6.54. The molecule has 1 aliphatic heterocycles. The number of amides is 5. The molecule has 26 heavy (non-hydrogen) atoms. The van der Waals surface area contributed by atoms with E-state index in [9.17, 15) is 18.8 Å². The summed E-state index contributed by atoms with van der Waals surface area (Å²) in [6, 6.07) is 4.05. The summed E-state index contributed by atoms with van der Waals surface area (Å²) in [6.45, 7) is 3.77. The van der Waals surface area contributed by atoms with E-state index >= 15 is 0 Å². The van der Waals surface area contributed by atoms with Crippen molar-refractivity contribution >= 4 is 23.7 Å². The van der Waals surface area contributed by atoms with Gasteiger partial charge in [0.05, 0.1) is 5.69 Å². The molecule has 0 spiro atoms. The van der Waals surface area contributed by atoms with Crippen LogP contribution in [0.3, 0.4) is 0 Å². The summed E-state index contributed by atoms with van der Waals surface area (Å²) in [5.41, 5.74) is 1.08. The van der Waals surface area contributed by atoms with E-state index in [1.165, 1.54) is 18.2 Å². The molecule has 3 N–H and O–H groups in total. The van der Waals surface area contributed by atoms with E-state index in [-0.39, 0.29) is 5.69 Å². The van der Waals surface area contributed by atoms with Crippen LogP contribution in [-0.2, 0) is 4.79 Å². The number of anilines is 1. The first-order valence-electron chi connectivity index (χ1n) is 8.86. The lowest BCUT2D eigenvalue weighted by molar-refractivity contribution is -0.132. The Hall–Kier alpha value is -2.64. The van der Waals surface area contributed by atoms with Crippen molar-refractivity contribution in [1.82, 2.24) is 15.8 Å². The Bertz CT molecular complexity index is 682. The summed E-state index contributed by atoms with van der Waals surface area (Å²) in [5.74, 6) is -1.14. The highest BCUT2D eigenvalue weighted by Crippen LogP contribution is 2.23. The number of hydrazine groups is 1. The molecule has 1 atom stereocenters. The van der Waals surface area contributed by atoms with Crippen molar-refractivity contribution in [3.8, 4) is 0 Å². The van der Waals surface area contributed by atoms with Gasteiger partial charge in [-0.15, -0.1) is 0 Å². The number of carbonyl (C=O) groups excluding carboxylic acids is 3. The monoisotopic (exact) mass is 364 g/mol. The van der Waals surface area contributed by atoms with Crippen molar-refractivity contribution in [2.75, 3.05) is 5.32 Å². The van der Waals surface area contributed by atoms with Crippen LogP contribution < -0.4 is 16.1 Å². The molecule has 1 aromatic rings. The number of imide groups is 1. The molecule has 1 heterocycles. The van der Waals surface area contributed by atoms with E-state index in [1.807, 2.05) is 0 Å². The van der Waals surface area contributed by atoms with Gasteiger partial charge < -0.3 is 10.6 Å². The number of para-hydroxylation sites is 1. The summed E-state index contributed by atoms with van der Waals surface area (Å²) in [6.07, 6.45) is 5.63. The van der Waals surface area contributed by atoms with Crippen LogP contribution in [0.1, 0.15) is 52.4 Å². The van der Waals surface area contributed by atoms with E-state index in [2.05, 4.69) is 23.0 Å². The smallest absolute Gasteiger partial charge is 0.322 e. The summed E-state index contributed by atoms with van der Waals surface area (Å²) in [5, 5.41) is 5.54. The van der Waals surface area contributed by atoms with Crippen LogP contribution in [0.4, 0.5) is 19.7 Å². The number of hydrogen-bond acceptors (Lipinski definition) is 3. The van der Waals surface area contributed by atoms with E-state index < -0.39 is 29.3 Å². The minimum Gasteiger partial charge on any atom is -0.322 e. The van der Waals surface area contributed by atoms with Crippen LogP contribution in [0.2, 0.25) is 0 Å². The van der Waals surface area contributed by atoms with Gasteiger partial charge in [0.1, 0.15) is 11.4 Å². The van der Waals surface area contributed by atoms with Gasteiger partial charge in [0, 0.05) is 0 Å². The van der Waals surface area contributed by atoms with Gasteiger partial charge in [-0.05, 0) is 25.5 Å². The first-order valence-corrected chi connectivity index (χ1v) is 8.86. The van der Waals surface area contributed by atoms with Gasteiger partial charge >= 0.3 is 12.1 Å². The van der Waals surface area contributed by atoms with E-state index in [1.54, 1.807) is 13.0 Å². The number of nitrogens with one attached hydrogen (secondary N) is 3. The fourth-order valence-electron chi connectivity index (χ4n) is 2.85. The molecule has 7 nitrogen and oxygen atoms in total. The van der Waals surface area contributed by atoms with Gasteiger partial charge in [-0.2, -0.15) is 5.01 Å². The second kappa shape index (κ2) is 8.64. The summed E-state index contributed by atoms with van der Waals surface area (Å²) in [7, 11) is 0. The molecule has 1 aromatic carbocycles. The molecule has 8 heteroatoms. The SMILES string of the molecule is CCCCCCC[C@]1(C)NC(=O)N(NC(=O)Nc2ccccc2F)C1=O. The molecule has 1 saturated heterocycles. The number of nitrogens with zero attached hydrogens (tertiary/aromatic N) is 1. The zero-order valence-electron chi connectivity index (χ0n) is 15.1. The molecule has 1 fully saturated rings. The van der Waals surface area contributed by atoms with Crippen molar-refractivity contribution in [2.45, 2.75) is 57.9 Å². The third-order valence-corrected chi connectivity index (χ3v) is 4.38. The number of urea groups is 2. The Morgan fingerprint density at radius 3 is 2.58 bits per heavy atom. The highest BCUT2D eigenvalue weighted by Gasteiger charge is 2.48. The number of rotatable bonds is 8. The lowest BCUT2D eigenvalue weighted by Gasteiger charge is -2.21. The maximum absolute atomic E-state index is 13.6. The molecule has 0 unspecified atom stereocenters. The first-order chi connectivity index (χ1) is 12.4. The largest absolute Gasteiger partial charge is 0.344 e. The third-order valence-electron chi connectivity index (χ3n) is 4.38. The first kappa shape index (κ1) is 19.7. The molecule has 0 saturated carbocycles. The average molecular weight is 364 g/mol. The summed E-state index contributed by atoms with van der Waals surface area (Å²) in [4.78, 5) is 36.6. The van der Waals surface area contributed by atoms with E-state index in [4.69, 9.17) is 0 Å². The zero-order chi connectivity index (χ0) is 19.2. The predicted octanol–water partition coefficient (Wildman–Crippen LogP) is 3.53. The predicted molar refractivity (Wildman–Crippen MR) is 95.7 cm³/mol. The van der Waals surface area contributed by atoms with E-state index in [0.29, 0.717) is 11.4 Å². The second-order valence-electron chi connectivity index (χ2n) is 6.61. The molecule has 2 rings (SSSR count). The molecule has 142 valence electrons. The minimum absolute atomic E-state index is 0.0456. The second-order valence-corrected chi connectivity index (χ2v) is 6.61. The van der Waals surface area contributed by atoms with Gasteiger partial charge in [0.25, 0.3) is 5.91 Å². The maximum atomic E-state index is 13.6.